The van der Waals surface area contributed by atoms with Crippen molar-refractivity contribution >= 4 is 22.6 Å². The van der Waals surface area contributed by atoms with Gasteiger partial charge >= 0.3 is 0 Å². The Bertz CT molecular complexity index is 327. The Morgan fingerprint density at radius 2 is 1.84 bits per heavy atom. The van der Waals surface area contributed by atoms with E-state index in [-0.39, 0.29) is 6.10 Å². The minimum Gasteiger partial charge on any atom is -0.497 e. The molecule has 0 amide bonds. The molecule has 4 heteroatoms. The Morgan fingerprint density at radius 1 is 1.11 bits per heavy atom. The maximum atomic E-state index is 5.86. The van der Waals surface area contributed by atoms with E-state index < -0.39 is 0 Å². The molecule has 1 atom stereocenters. The van der Waals surface area contributed by atoms with Gasteiger partial charge in [-0.05, 0) is 24.1 Å². The van der Waals surface area contributed by atoms with Crippen molar-refractivity contribution in [2.75, 3.05) is 31.4 Å². The first-order valence-electron chi connectivity index (χ1n) is 6.71. The molecule has 108 valence electrons. The van der Waals surface area contributed by atoms with Gasteiger partial charge in [0.25, 0.3) is 0 Å². The van der Waals surface area contributed by atoms with Gasteiger partial charge < -0.3 is 14.2 Å². The Hall–Kier alpha value is -0.330. The molecule has 0 radical (unpaired) electrons. The fourth-order valence-electron chi connectivity index (χ4n) is 1.65. The number of benzene rings is 1. The van der Waals surface area contributed by atoms with Crippen LogP contribution >= 0.6 is 22.6 Å². The first-order valence-corrected chi connectivity index (χ1v) is 8.23. The summed E-state index contributed by atoms with van der Waals surface area (Å²) in [6, 6.07) is 8.05. The van der Waals surface area contributed by atoms with Crippen molar-refractivity contribution in [3.8, 4) is 5.75 Å². The molecule has 0 N–H and O–H groups in total. The molecule has 0 saturated heterocycles. The number of rotatable bonds is 10. The van der Waals surface area contributed by atoms with E-state index in [1.54, 1.807) is 7.11 Å². The minimum absolute atomic E-state index is 0.126. The molecule has 0 aliphatic heterocycles. The highest BCUT2D eigenvalue weighted by molar-refractivity contribution is 14.1. The predicted octanol–water partition coefficient (Wildman–Crippen LogP) is 4.00. The van der Waals surface area contributed by atoms with E-state index in [4.69, 9.17) is 14.2 Å². The first kappa shape index (κ1) is 16.7. The van der Waals surface area contributed by atoms with Crippen LogP contribution in [0, 0.1) is 0 Å². The summed E-state index contributed by atoms with van der Waals surface area (Å²) in [7, 11) is 1.68. The Balaban J connectivity index is 2.31. The molecule has 3 nitrogen and oxygen atoms in total. The number of halogens is 1. The molecule has 0 aliphatic rings. The lowest BCUT2D eigenvalue weighted by Crippen LogP contribution is -2.11. The Morgan fingerprint density at radius 3 is 2.42 bits per heavy atom. The zero-order valence-corrected chi connectivity index (χ0v) is 13.9. The fourth-order valence-corrected chi connectivity index (χ4v) is 2.41. The number of hydrogen-bond acceptors (Lipinski definition) is 3. The Kier molecular flexibility index (Phi) is 9.20. The summed E-state index contributed by atoms with van der Waals surface area (Å²) in [6.07, 6.45) is 2.42. The van der Waals surface area contributed by atoms with Crippen LogP contribution in [-0.2, 0) is 9.47 Å². The number of ether oxygens (including phenoxy) is 3. The van der Waals surface area contributed by atoms with Crippen molar-refractivity contribution in [3.63, 3.8) is 0 Å². The van der Waals surface area contributed by atoms with E-state index in [0.29, 0.717) is 13.2 Å². The van der Waals surface area contributed by atoms with E-state index in [1.807, 2.05) is 12.1 Å². The normalized spacial score (nSPS) is 12.4. The largest absolute Gasteiger partial charge is 0.497 e. The standard InChI is InChI=1S/C15H23IO3/c1-3-4-9-18-10-11-19-15(12-16)13-5-7-14(17-2)8-6-13/h5-8,15H,3-4,9-12H2,1-2H3. The van der Waals surface area contributed by atoms with Gasteiger partial charge in [0.2, 0.25) is 0 Å². The first-order chi connectivity index (χ1) is 9.31. The predicted molar refractivity (Wildman–Crippen MR) is 86.3 cm³/mol. The lowest BCUT2D eigenvalue weighted by Gasteiger charge is -2.16. The summed E-state index contributed by atoms with van der Waals surface area (Å²) in [5.41, 5.74) is 1.18. The average molecular weight is 378 g/mol. The van der Waals surface area contributed by atoms with Crippen molar-refractivity contribution in [3.05, 3.63) is 29.8 Å². The smallest absolute Gasteiger partial charge is 0.118 e. The molecule has 0 fully saturated rings. The van der Waals surface area contributed by atoms with Crippen LogP contribution in [0.4, 0.5) is 0 Å². The maximum Gasteiger partial charge on any atom is 0.118 e. The van der Waals surface area contributed by atoms with Crippen LogP contribution in [0.5, 0.6) is 5.75 Å². The molecule has 1 unspecified atom stereocenters. The van der Waals surface area contributed by atoms with E-state index in [1.165, 1.54) is 12.0 Å². The van der Waals surface area contributed by atoms with Gasteiger partial charge in [-0.25, -0.2) is 0 Å². The monoisotopic (exact) mass is 378 g/mol. The highest BCUT2D eigenvalue weighted by Gasteiger charge is 2.10. The molecule has 0 aromatic heterocycles. The molecular formula is C15H23IO3. The van der Waals surface area contributed by atoms with Crippen molar-refractivity contribution in [2.45, 2.75) is 25.9 Å². The summed E-state index contributed by atoms with van der Waals surface area (Å²) in [4.78, 5) is 0. The molecule has 1 aromatic rings. The Labute approximate surface area is 129 Å². The van der Waals surface area contributed by atoms with E-state index in [9.17, 15) is 0 Å². The summed E-state index contributed by atoms with van der Waals surface area (Å²) in [6.45, 7) is 4.31. The van der Waals surface area contributed by atoms with Gasteiger partial charge in [-0.15, -0.1) is 0 Å². The SMILES string of the molecule is CCCCOCCOC(CI)c1ccc(OC)cc1. The van der Waals surface area contributed by atoms with Crippen LogP contribution in [0.2, 0.25) is 0 Å². The number of hydrogen-bond donors (Lipinski definition) is 0. The van der Waals surface area contributed by atoms with Crippen LogP contribution in [0.1, 0.15) is 31.4 Å². The number of methoxy groups -OCH3 is 1. The second-order valence-electron chi connectivity index (χ2n) is 4.25. The van der Waals surface area contributed by atoms with Crippen LogP contribution in [0.15, 0.2) is 24.3 Å². The van der Waals surface area contributed by atoms with Gasteiger partial charge in [-0.2, -0.15) is 0 Å². The molecular weight excluding hydrogens is 355 g/mol. The fraction of sp³-hybridized carbons (Fsp3) is 0.600. The number of unbranched alkanes of at least 4 members (excludes halogenated alkanes) is 1. The van der Waals surface area contributed by atoms with Crippen molar-refractivity contribution in [1.82, 2.24) is 0 Å². The molecule has 0 heterocycles. The second-order valence-corrected chi connectivity index (χ2v) is 5.13. The van der Waals surface area contributed by atoms with Crippen molar-refractivity contribution < 1.29 is 14.2 Å². The van der Waals surface area contributed by atoms with Gasteiger partial charge in [-0.1, -0.05) is 48.1 Å². The lowest BCUT2D eigenvalue weighted by molar-refractivity contribution is 0.0139. The maximum absolute atomic E-state index is 5.86. The van der Waals surface area contributed by atoms with Gasteiger partial charge in [0.15, 0.2) is 0 Å². The lowest BCUT2D eigenvalue weighted by atomic mass is 10.1. The zero-order chi connectivity index (χ0) is 13.9. The number of alkyl halides is 1. The molecule has 0 spiro atoms. The second kappa shape index (κ2) is 10.5. The molecule has 0 aliphatic carbocycles. The van der Waals surface area contributed by atoms with Crippen LogP contribution < -0.4 is 4.74 Å². The molecule has 1 aromatic carbocycles. The van der Waals surface area contributed by atoms with E-state index >= 15 is 0 Å². The van der Waals surface area contributed by atoms with Gasteiger partial charge in [0.1, 0.15) is 5.75 Å². The average Bonchev–Trinajstić information content (AvgIpc) is 2.47. The van der Waals surface area contributed by atoms with Crippen LogP contribution in [-0.4, -0.2) is 31.4 Å². The zero-order valence-electron chi connectivity index (χ0n) is 11.7. The summed E-state index contributed by atoms with van der Waals surface area (Å²) < 4.78 is 17.4. The minimum atomic E-state index is 0.126. The molecule has 0 bridgehead atoms. The van der Waals surface area contributed by atoms with E-state index in [0.717, 1.165) is 23.2 Å². The summed E-state index contributed by atoms with van der Waals surface area (Å²) in [5, 5.41) is 0. The van der Waals surface area contributed by atoms with Crippen molar-refractivity contribution in [1.29, 1.82) is 0 Å². The quantitative estimate of drug-likeness (QED) is 0.350. The molecule has 0 saturated carbocycles. The topological polar surface area (TPSA) is 27.7 Å². The summed E-state index contributed by atoms with van der Waals surface area (Å²) in [5.74, 6) is 0.874. The molecule has 1 rings (SSSR count). The third-order valence-corrected chi connectivity index (χ3v) is 3.62. The molecule has 19 heavy (non-hydrogen) atoms. The van der Waals surface area contributed by atoms with Crippen LogP contribution in [0.25, 0.3) is 0 Å². The van der Waals surface area contributed by atoms with Gasteiger partial charge in [-0.3, -0.25) is 0 Å². The van der Waals surface area contributed by atoms with E-state index in [2.05, 4.69) is 41.6 Å². The van der Waals surface area contributed by atoms with Crippen LogP contribution in [0.3, 0.4) is 0 Å². The third-order valence-electron chi connectivity index (χ3n) is 2.82. The van der Waals surface area contributed by atoms with Gasteiger partial charge in [0, 0.05) is 11.0 Å². The van der Waals surface area contributed by atoms with Gasteiger partial charge in [0.05, 0.1) is 26.4 Å². The highest BCUT2D eigenvalue weighted by Crippen LogP contribution is 2.22. The van der Waals surface area contributed by atoms with Crippen molar-refractivity contribution in [2.24, 2.45) is 0 Å². The summed E-state index contributed by atoms with van der Waals surface area (Å²) >= 11 is 2.35. The highest BCUT2D eigenvalue weighted by atomic mass is 127. The third kappa shape index (κ3) is 6.58.